The highest BCUT2D eigenvalue weighted by atomic mass is 127. The van der Waals surface area contributed by atoms with E-state index in [-0.39, 0.29) is 29.7 Å². The molecule has 128 valence electrons. The van der Waals surface area contributed by atoms with Crippen LogP contribution in [0.5, 0.6) is 0 Å². The van der Waals surface area contributed by atoms with Gasteiger partial charge in [-0.25, -0.2) is 8.42 Å². The molecule has 0 atom stereocenters. The Bertz CT molecular complexity index is 364. The molecule has 0 amide bonds. The van der Waals surface area contributed by atoms with Gasteiger partial charge in [-0.2, -0.15) is 0 Å². The largest absolute Gasteiger partial charge is 0.382 e. The topological polar surface area (TPSA) is 89.0 Å². The summed E-state index contributed by atoms with van der Waals surface area (Å²) in [6.07, 6.45) is 2.68. The number of rotatable bonds is 11. The Morgan fingerprint density at radius 3 is 2.24 bits per heavy atom. The Kier molecular flexibility index (Phi) is 16.3. The van der Waals surface area contributed by atoms with Crippen molar-refractivity contribution in [3.63, 3.8) is 0 Å². The Hall–Kier alpha value is -0.130. The van der Waals surface area contributed by atoms with Gasteiger partial charge in [-0.15, -0.1) is 24.0 Å². The molecule has 0 aromatic heterocycles. The van der Waals surface area contributed by atoms with Gasteiger partial charge in [0.25, 0.3) is 0 Å². The lowest BCUT2D eigenvalue weighted by Crippen LogP contribution is -2.38. The molecule has 7 nitrogen and oxygen atoms in total. The highest BCUT2D eigenvalue weighted by Gasteiger charge is 2.02. The minimum absolute atomic E-state index is 0. The predicted molar refractivity (Wildman–Crippen MR) is 96.4 cm³/mol. The summed E-state index contributed by atoms with van der Waals surface area (Å²) >= 11 is 0. The van der Waals surface area contributed by atoms with Crippen LogP contribution in [-0.4, -0.2) is 73.5 Å². The van der Waals surface area contributed by atoms with E-state index in [0.717, 1.165) is 13.0 Å². The van der Waals surface area contributed by atoms with Crippen LogP contribution in [0.3, 0.4) is 0 Å². The average molecular weight is 437 g/mol. The number of hydrogen-bond acceptors (Lipinski definition) is 5. The van der Waals surface area contributed by atoms with Gasteiger partial charge < -0.3 is 20.1 Å². The predicted octanol–water partition coefficient (Wildman–Crippen LogP) is 0.257. The van der Waals surface area contributed by atoms with Gasteiger partial charge >= 0.3 is 0 Å². The smallest absolute Gasteiger partial charge is 0.190 e. The van der Waals surface area contributed by atoms with Crippen LogP contribution in [0, 0.1) is 0 Å². The Balaban J connectivity index is 0. The fourth-order valence-electron chi connectivity index (χ4n) is 1.39. The molecular formula is C12H28IN3O4S. The minimum atomic E-state index is -2.89. The van der Waals surface area contributed by atoms with Gasteiger partial charge in [-0.05, 0) is 12.8 Å². The SMILES string of the molecule is CN=C(NCCCOCCOC)NCCCS(C)(=O)=O.I. The number of guanidine groups is 1. The molecule has 0 radical (unpaired) electrons. The maximum Gasteiger partial charge on any atom is 0.190 e. The zero-order chi connectivity index (χ0) is 15.3. The fraction of sp³-hybridized carbons (Fsp3) is 0.917. The van der Waals surface area contributed by atoms with Crippen molar-refractivity contribution in [2.24, 2.45) is 4.99 Å². The van der Waals surface area contributed by atoms with Crippen LogP contribution in [-0.2, 0) is 19.3 Å². The van der Waals surface area contributed by atoms with Crippen molar-refractivity contribution in [1.29, 1.82) is 0 Å². The lowest BCUT2D eigenvalue weighted by atomic mass is 10.4. The monoisotopic (exact) mass is 437 g/mol. The fourth-order valence-corrected chi connectivity index (χ4v) is 2.06. The lowest BCUT2D eigenvalue weighted by molar-refractivity contribution is 0.0698. The summed E-state index contributed by atoms with van der Waals surface area (Å²) in [5, 5.41) is 6.20. The number of hydrogen-bond donors (Lipinski definition) is 2. The molecule has 0 rings (SSSR count). The van der Waals surface area contributed by atoms with Gasteiger partial charge in [0.15, 0.2) is 5.96 Å². The summed E-state index contributed by atoms with van der Waals surface area (Å²) in [6, 6.07) is 0. The van der Waals surface area contributed by atoms with Crippen LogP contribution in [0.2, 0.25) is 0 Å². The third-order valence-corrected chi connectivity index (χ3v) is 3.43. The first-order valence-electron chi connectivity index (χ1n) is 6.68. The highest BCUT2D eigenvalue weighted by Crippen LogP contribution is 1.87. The summed E-state index contributed by atoms with van der Waals surface area (Å²) in [5.74, 6) is 0.861. The van der Waals surface area contributed by atoms with Gasteiger partial charge in [0.05, 0.1) is 19.0 Å². The van der Waals surface area contributed by atoms with Crippen molar-refractivity contribution < 1.29 is 17.9 Å². The number of ether oxygens (including phenoxy) is 2. The normalized spacial score (nSPS) is 11.9. The number of nitrogens with zero attached hydrogens (tertiary/aromatic N) is 1. The summed E-state index contributed by atoms with van der Waals surface area (Å²) < 4.78 is 32.1. The molecule has 21 heavy (non-hydrogen) atoms. The lowest BCUT2D eigenvalue weighted by Gasteiger charge is -2.11. The Labute approximate surface area is 145 Å². The number of halogens is 1. The van der Waals surface area contributed by atoms with Crippen LogP contribution < -0.4 is 10.6 Å². The molecule has 0 aliphatic rings. The molecule has 0 saturated heterocycles. The van der Waals surface area contributed by atoms with Crippen molar-refractivity contribution >= 4 is 39.8 Å². The standard InChI is InChI=1S/C12H27N3O4S.HI/c1-13-12(15-7-5-11-20(3,16)17)14-6-4-8-19-10-9-18-2;/h4-11H2,1-3H3,(H2,13,14,15);1H. The first-order chi connectivity index (χ1) is 9.49. The van der Waals surface area contributed by atoms with Gasteiger partial charge in [0.2, 0.25) is 0 Å². The van der Waals surface area contributed by atoms with Crippen molar-refractivity contribution in [3.05, 3.63) is 0 Å². The zero-order valence-electron chi connectivity index (χ0n) is 13.1. The summed E-state index contributed by atoms with van der Waals surface area (Å²) in [7, 11) is 0.437. The van der Waals surface area contributed by atoms with E-state index in [1.165, 1.54) is 6.26 Å². The van der Waals surface area contributed by atoms with E-state index in [1.807, 2.05) is 0 Å². The summed E-state index contributed by atoms with van der Waals surface area (Å²) in [6.45, 7) is 3.21. The van der Waals surface area contributed by atoms with E-state index < -0.39 is 9.84 Å². The number of sulfone groups is 1. The molecule has 9 heteroatoms. The molecule has 0 aliphatic heterocycles. The number of nitrogens with one attached hydrogen (secondary N) is 2. The number of methoxy groups -OCH3 is 1. The van der Waals surface area contributed by atoms with Crippen molar-refractivity contribution in [2.45, 2.75) is 12.8 Å². The molecule has 0 heterocycles. The first-order valence-corrected chi connectivity index (χ1v) is 8.74. The van der Waals surface area contributed by atoms with Crippen LogP contribution in [0.4, 0.5) is 0 Å². The minimum Gasteiger partial charge on any atom is -0.382 e. The first kappa shape index (κ1) is 23.1. The van der Waals surface area contributed by atoms with Crippen molar-refractivity contribution in [2.75, 3.05) is 59.1 Å². The summed E-state index contributed by atoms with van der Waals surface area (Å²) in [5.41, 5.74) is 0. The molecule has 0 spiro atoms. The molecule has 0 aromatic rings. The molecule has 0 aliphatic carbocycles. The molecule has 0 bridgehead atoms. The molecule has 0 fully saturated rings. The van der Waals surface area contributed by atoms with E-state index >= 15 is 0 Å². The van der Waals surface area contributed by atoms with E-state index in [9.17, 15) is 8.42 Å². The second-order valence-corrected chi connectivity index (χ2v) is 6.63. The highest BCUT2D eigenvalue weighted by molar-refractivity contribution is 14.0. The quantitative estimate of drug-likeness (QED) is 0.209. The van der Waals surface area contributed by atoms with Crippen molar-refractivity contribution in [3.8, 4) is 0 Å². The number of aliphatic imine (C=N–C) groups is 1. The third-order valence-electron chi connectivity index (χ3n) is 2.40. The Morgan fingerprint density at radius 1 is 1.10 bits per heavy atom. The van der Waals surface area contributed by atoms with Gasteiger partial charge in [-0.3, -0.25) is 4.99 Å². The molecule has 0 unspecified atom stereocenters. The average Bonchev–Trinajstić information content (AvgIpc) is 2.39. The maximum absolute atomic E-state index is 11.0. The van der Waals surface area contributed by atoms with Gasteiger partial charge in [-0.1, -0.05) is 0 Å². The molecule has 2 N–H and O–H groups in total. The van der Waals surface area contributed by atoms with Crippen LogP contribution in [0.15, 0.2) is 4.99 Å². The van der Waals surface area contributed by atoms with Gasteiger partial charge in [0, 0.05) is 40.1 Å². The third kappa shape index (κ3) is 17.8. The van der Waals surface area contributed by atoms with Crippen LogP contribution >= 0.6 is 24.0 Å². The second-order valence-electron chi connectivity index (χ2n) is 4.37. The van der Waals surface area contributed by atoms with Crippen molar-refractivity contribution in [1.82, 2.24) is 10.6 Å². The van der Waals surface area contributed by atoms with Crippen LogP contribution in [0.25, 0.3) is 0 Å². The second kappa shape index (κ2) is 14.8. The summed E-state index contributed by atoms with van der Waals surface area (Å²) in [4.78, 5) is 4.05. The van der Waals surface area contributed by atoms with E-state index in [0.29, 0.717) is 38.7 Å². The molecular weight excluding hydrogens is 409 g/mol. The van der Waals surface area contributed by atoms with E-state index in [2.05, 4.69) is 15.6 Å². The van der Waals surface area contributed by atoms with E-state index in [1.54, 1.807) is 14.2 Å². The molecule has 0 saturated carbocycles. The zero-order valence-corrected chi connectivity index (χ0v) is 16.2. The maximum atomic E-state index is 11.0. The van der Waals surface area contributed by atoms with Gasteiger partial charge in [0.1, 0.15) is 9.84 Å². The van der Waals surface area contributed by atoms with E-state index in [4.69, 9.17) is 9.47 Å². The molecule has 0 aromatic carbocycles. The Morgan fingerprint density at radius 2 is 1.71 bits per heavy atom. The van der Waals surface area contributed by atoms with Crippen LogP contribution in [0.1, 0.15) is 12.8 Å².